The Labute approximate surface area is 214 Å². The van der Waals surface area contributed by atoms with Crippen LogP contribution in [0.4, 0.5) is 5.69 Å². The van der Waals surface area contributed by atoms with E-state index < -0.39 is 0 Å². The fraction of sp³-hybridized carbons (Fsp3) is 0.533. The summed E-state index contributed by atoms with van der Waals surface area (Å²) in [4.78, 5) is 16.4. The Morgan fingerprint density at radius 1 is 1.19 bits per heavy atom. The van der Waals surface area contributed by atoms with E-state index >= 15 is 0 Å². The lowest BCUT2D eigenvalue weighted by molar-refractivity contribution is -0.00231. The number of hydrogen-bond donors (Lipinski definition) is 1. The van der Waals surface area contributed by atoms with Crippen molar-refractivity contribution in [2.45, 2.75) is 64.5 Å². The molecule has 5 rings (SSSR count). The van der Waals surface area contributed by atoms with Crippen LogP contribution in [0.1, 0.15) is 62.0 Å². The first-order chi connectivity index (χ1) is 17.4. The van der Waals surface area contributed by atoms with E-state index in [2.05, 4.69) is 49.2 Å². The van der Waals surface area contributed by atoms with Crippen LogP contribution in [0.25, 0.3) is 0 Å². The van der Waals surface area contributed by atoms with E-state index in [0.717, 1.165) is 61.4 Å². The summed E-state index contributed by atoms with van der Waals surface area (Å²) in [6.07, 6.45) is 8.97. The van der Waals surface area contributed by atoms with Crippen molar-refractivity contribution in [3.63, 3.8) is 0 Å². The normalized spacial score (nSPS) is 24.6. The van der Waals surface area contributed by atoms with E-state index in [9.17, 15) is 10.1 Å². The molecular formula is C30H37N3O3. The third kappa shape index (κ3) is 4.19. The topological polar surface area (TPSA) is 74.6 Å². The van der Waals surface area contributed by atoms with Crippen LogP contribution in [0, 0.1) is 17.2 Å². The minimum absolute atomic E-state index is 0.0245. The maximum Gasteiger partial charge on any atom is 0.191 e. The number of piperidine rings is 1. The molecule has 2 aliphatic carbocycles. The minimum Gasteiger partial charge on any atom is -0.380 e. The standard InChI is InChI=1S/C30H37N3O3/c1-5-20-16-23-24(17-26(20)33-11-9-21(10-12-33)36-14-13-35-6-2)30(3,4)29-27(28(23)34)22-8-7-19(18-31)15-25(22)32-29/h7-8,15-17,21-22,25,32H,5-6,9-14H2,1-4H3. The lowest BCUT2D eigenvalue weighted by Gasteiger charge is -2.38. The molecule has 0 amide bonds. The number of nitrogens with one attached hydrogen (secondary N) is 1. The Morgan fingerprint density at radius 2 is 1.97 bits per heavy atom. The number of aryl methyl sites for hydroxylation is 1. The summed E-state index contributed by atoms with van der Waals surface area (Å²) < 4.78 is 11.4. The molecule has 1 aromatic rings. The van der Waals surface area contributed by atoms with E-state index in [1.807, 2.05) is 25.2 Å². The molecule has 2 aliphatic heterocycles. The predicted octanol–water partition coefficient (Wildman–Crippen LogP) is 4.61. The lowest BCUT2D eigenvalue weighted by Crippen LogP contribution is -2.39. The fourth-order valence-electron chi connectivity index (χ4n) is 6.23. The molecule has 6 heteroatoms. The Kier molecular flexibility index (Phi) is 6.80. The molecule has 0 saturated carbocycles. The summed E-state index contributed by atoms with van der Waals surface area (Å²) in [5.41, 5.74) is 6.58. The highest BCUT2D eigenvalue weighted by atomic mass is 16.5. The van der Waals surface area contributed by atoms with Gasteiger partial charge in [-0.3, -0.25) is 4.79 Å². The van der Waals surface area contributed by atoms with Gasteiger partial charge in [-0.1, -0.05) is 26.8 Å². The first-order valence-electron chi connectivity index (χ1n) is 13.4. The number of hydrogen-bond acceptors (Lipinski definition) is 6. The van der Waals surface area contributed by atoms with E-state index in [-0.39, 0.29) is 29.3 Å². The van der Waals surface area contributed by atoms with Crippen LogP contribution in [-0.4, -0.2) is 50.8 Å². The molecule has 36 heavy (non-hydrogen) atoms. The molecule has 4 aliphatic rings. The molecule has 0 bridgehead atoms. The van der Waals surface area contributed by atoms with Crippen LogP contribution >= 0.6 is 0 Å². The number of nitrogens with zero attached hydrogens (tertiary/aromatic N) is 2. The van der Waals surface area contributed by atoms with Gasteiger partial charge < -0.3 is 19.7 Å². The zero-order valence-corrected chi connectivity index (χ0v) is 21.9. The molecule has 2 heterocycles. The van der Waals surface area contributed by atoms with Gasteiger partial charge in [0.2, 0.25) is 0 Å². The minimum atomic E-state index is -0.327. The van der Waals surface area contributed by atoms with Crippen molar-refractivity contribution in [2.75, 3.05) is 37.8 Å². The molecule has 2 atom stereocenters. The molecule has 0 spiro atoms. The van der Waals surface area contributed by atoms with Crippen molar-refractivity contribution in [3.05, 3.63) is 63.9 Å². The maximum atomic E-state index is 13.9. The number of fused-ring (bicyclic) bond motifs is 3. The average molecular weight is 488 g/mol. The van der Waals surface area contributed by atoms with E-state index in [1.54, 1.807) is 0 Å². The zero-order chi connectivity index (χ0) is 25.4. The summed E-state index contributed by atoms with van der Waals surface area (Å²) in [5.74, 6) is 0.101. The summed E-state index contributed by atoms with van der Waals surface area (Å²) in [6.45, 7) is 12.5. The van der Waals surface area contributed by atoms with Crippen molar-refractivity contribution >= 4 is 11.5 Å². The molecule has 1 aromatic carbocycles. The second-order valence-corrected chi connectivity index (χ2v) is 10.7. The van der Waals surface area contributed by atoms with Crippen LogP contribution in [0.2, 0.25) is 0 Å². The molecule has 1 N–H and O–H groups in total. The predicted molar refractivity (Wildman–Crippen MR) is 141 cm³/mol. The van der Waals surface area contributed by atoms with Gasteiger partial charge in [0.05, 0.1) is 31.4 Å². The Balaban J connectivity index is 1.41. The van der Waals surface area contributed by atoms with Crippen molar-refractivity contribution in [3.8, 4) is 6.07 Å². The molecule has 1 fully saturated rings. The Morgan fingerprint density at radius 3 is 2.67 bits per heavy atom. The van der Waals surface area contributed by atoms with Crippen LogP contribution in [0.5, 0.6) is 0 Å². The summed E-state index contributed by atoms with van der Waals surface area (Å²) in [6, 6.07) is 6.63. The number of allylic oxidation sites excluding steroid dienone is 3. The highest BCUT2D eigenvalue weighted by Crippen LogP contribution is 2.48. The van der Waals surface area contributed by atoms with E-state index in [0.29, 0.717) is 18.8 Å². The highest BCUT2D eigenvalue weighted by Gasteiger charge is 2.48. The van der Waals surface area contributed by atoms with Crippen LogP contribution in [0.3, 0.4) is 0 Å². The fourth-order valence-corrected chi connectivity index (χ4v) is 6.23. The molecule has 0 radical (unpaired) electrons. The van der Waals surface area contributed by atoms with Crippen LogP contribution < -0.4 is 10.2 Å². The van der Waals surface area contributed by atoms with Crippen LogP contribution in [0.15, 0.2) is 47.2 Å². The smallest absolute Gasteiger partial charge is 0.191 e. The average Bonchev–Trinajstić information content (AvgIpc) is 3.30. The summed E-state index contributed by atoms with van der Waals surface area (Å²) in [5, 5.41) is 13.0. The third-order valence-electron chi connectivity index (χ3n) is 8.23. The van der Waals surface area contributed by atoms with Crippen LogP contribution in [-0.2, 0) is 21.3 Å². The van der Waals surface area contributed by atoms with Gasteiger partial charge in [-0.15, -0.1) is 0 Å². The van der Waals surface area contributed by atoms with Crippen molar-refractivity contribution in [2.24, 2.45) is 5.92 Å². The molecule has 190 valence electrons. The van der Waals surface area contributed by atoms with Gasteiger partial charge >= 0.3 is 0 Å². The first-order valence-corrected chi connectivity index (χ1v) is 13.4. The number of Topliss-reactive ketones (excluding diaryl/α,β-unsaturated/α-hetero) is 1. The van der Waals surface area contributed by atoms with Crippen molar-refractivity contribution in [1.29, 1.82) is 5.26 Å². The van der Waals surface area contributed by atoms with Gasteiger partial charge in [-0.2, -0.15) is 5.26 Å². The third-order valence-corrected chi connectivity index (χ3v) is 8.23. The first kappa shape index (κ1) is 24.8. The van der Waals surface area contributed by atoms with E-state index in [4.69, 9.17) is 9.47 Å². The van der Waals surface area contributed by atoms with Gasteiger partial charge in [0.25, 0.3) is 0 Å². The maximum absolute atomic E-state index is 13.9. The molecule has 2 unspecified atom stereocenters. The number of carbonyl (C=O) groups excluding carboxylic acids is 1. The second-order valence-electron chi connectivity index (χ2n) is 10.7. The zero-order valence-electron chi connectivity index (χ0n) is 21.9. The number of ketones is 1. The second kappa shape index (κ2) is 9.88. The van der Waals surface area contributed by atoms with E-state index in [1.165, 1.54) is 11.3 Å². The van der Waals surface area contributed by atoms with Gasteiger partial charge in [-0.05, 0) is 61.6 Å². The molecule has 6 nitrogen and oxygen atoms in total. The number of benzene rings is 1. The number of nitriles is 1. The number of carbonyl (C=O) groups is 1. The lowest BCUT2D eigenvalue weighted by atomic mass is 9.69. The van der Waals surface area contributed by atoms with Gasteiger partial charge in [0, 0.05) is 59.1 Å². The summed E-state index contributed by atoms with van der Waals surface area (Å²) >= 11 is 0. The summed E-state index contributed by atoms with van der Waals surface area (Å²) in [7, 11) is 0. The number of anilines is 1. The largest absolute Gasteiger partial charge is 0.380 e. The SMILES string of the molecule is CCOCCOC1CCN(c2cc3c(cc2CC)C(=O)C2=C(NC4C=C(C#N)C=CC24)C3(C)C)CC1. The van der Waals surface area contributed by atoms with Gasteiger partial charge in [0.15, 0.2) is 5.78 Å². The number of rotatable bonds is 7. The van der Waals surface area contributed by atoms with Gasteiger partial charge in [0.1, 0.15) is 0 Å². The van der Waals surface area contributed by atoms with Gasteiger partial charge in [-0.25, -0.2) is 0 Å². The highest BCUT2D eigenvalue weighted by molar-refractivity contribution is 6.13. The monoisotopic (exact) mass is 487 g/mol. The number of ether oxygens (including phenoxy) is 2. The molecule has 1 saturated heterocycles. The Hall–Kier alpha value is -2.88. The Bertz CT molecular complexity index is 1180. The van der Waals surface area contributed by atoms with Crippen molar-refractivity contribution < 1.29 is 14.3 Å². The van der Waals surface area contributed by atoms with Crippen molar-refractivity contribution in [1.82, 2.24) is 5.32 Å². The molecule has 0 aromatic heterocycles. The molecular weight excluding hydrogens is 450 g/mol. The quantitative estimate of drug-likeness (QED) is 0.567.